The first kappa shape index (κ1) is 17.2. The highest BCUT2D eigenvalue weighted by Crippen LogP contribution is 2.28. The molecule has 0 amide bonds. The highest BCUT2D eigenvalue weighted by molar-refractivity contribution is 7.90. The zero-order valence-electron chi connectivity index (χ0n) is 13.9. The summed E-state index contributed by atoms with van der Waals surface area (Å²) in [6.07, 6.45) is 0. The van der Waals surface area contributed by atoms with Crippen LogP contribution in [0.4, 0.5) is 10.3 Å². The number of nitrogens with zero attached hydrogens (tertiary/aromatic N) is 2. The smallest absolute Gasteiger partial charge is 0.244 e. The van der Waals surface area contributed by atoms with Gasteiger partial charge in [-0.2, -0.15) is 0 Å². The lowest BCUT2D eigenvalue weighted by molar-refractivity contribution is 0.580. The van der Waals surface area contributed by atoms with Gasteiger partial charge < -0.3 is 5.73 Å². The minimum absolute atomic E-state index is 0.0859. The maximum Gasteiger partial charge on any atom is 0.244 e. The van der Waals surface area contributed by atoms with Crippen LogP contribution in [0.15, 0.2) is 49.0 Å². The summed E-state index contributed by atoms with van der Waals surface area (Å²) in [4.78, 5) is 4.12. The summed E-state index contributed by atoms with van der Waals surface area (Å²) in [5, 5.41) is -0.651. The van der Waals surface area contributed by atoms with Crippen molar-refractivity contribution in [3.63, 3.8) is 0 Å². The van der Waals surface area contributed by atoms with Gasteiger partial charge in [-0.25, -0.2) is 21.8 Å². The van der Waals surface area contributed by atoms with Crippen LogP contribution in [-0.4, -0.2) is 22.6 Å². The summed E-state index contributed by atoms with van der Waals surface area (Å²) in [6, 6.07) is 11.2. The molecule has 0 saturated heterocycles. The van der Waals surface area contributed by atoms with Gasteiger partial charge in [-0.05, 0) is 54.8 Å². The molecule has 0 unspecified atom stereocenters. The Bertz CT molecular complexity index is 1080. The van der Waals surface area contributed by atoms with E-state index in [0.717, 1.165) is 3.97 Å². The van der Waals surface area contributed by atoms with E-state index in [2.05, 4.69) is 11.6 Å². The lowest BCUT2D eigenvalue weighted by Crippen LogP contribution is -2.23. The van der Waals surface area contributed by atoms with Gasteiger partial charge in [0.1, 0.15) is 5.82 Å². The molecule has 5 nitrogen and oxygen atoms in total. The van der Waals surface area contributed by atoms with Crippen LogP contribution in [0.1, 0.15) is 25.0 Å². The summed E-state index contributed by atoms with van der Waals surface area (Å²) in [6.45, 7) is 7.16. The van der Waals surface area contributed by atoms with Crippen LogP contribution >= 0.6 is 0 Å². The van der Waals surface area contributed by atoms with E-state index in [4.69, 9.17) is 5.73 Å². The number of fused-ring (bicyclic) bond motifs is 1. The van der Waals surface area contributed by atoms with Gasteiger partial charge in [0.2, 0.25) is 16.0 Å². The normalized spacial score (nSPS) is 12.0. The van der Waals surface area contributed by atoms with Crippen molar-refractivity contribution in [1.82, 2.24) is 8.96 Å². The zero-order chi connectivity index (χ0) is 18.4. The molecule has 2 N–H and O–H groups in total. The average molecular weight is 359 g/mol. The minimum atomic E-state index is -3.67. The molecule has 0 atom stereocenters. The van der Waals surface area contributed by atoms with Crippen molar-refractivity contribution in [3.05, 3.63) is 66.0 Å². The summed E-state index contributed by atoms with van der Waals surface area (Å²) in [7, 11) is -3.67. The molecule has 0 fully saturated rings. The van der Waals surface area contributed by atoms with Crippen molar-refractivity contribution in [2.75, 3.05) is 5.73 Å². The number of aromatic nitrogens is 2. The Kier molecular flexibility index (Phi) is 4.12. The molecule has 3 rings (SSSR count). The van der Waals surface area contributed by atoms with Crippen LogP contribution in [0.2, 0.25) is 0 Å². The fourth-order valence-electron chi connectivity index (χ4n) is 2.58. The third kappa shape index (κ3) is 2.91. The van der Waals surface area contributed by atoms with Gasteiger partial charge in [-0.3, -0.25) is 0 Å². The Morgan fingerprint density at radius 1 is 1.20 bits per heavy atom. The van der Waals surface area contributed by atoms with Gasteiger partial charge in [0.15, 0.2) is 0 Å². The minimum Gasteiger partial charge on any atom is -0.368 e. The molecule has 0 aliphatic carbocycles. The van der Waals surface area contributed by atoms with Gasteiger partial charge in [0.05, 0.1) is 16.3 Å². The molecule has 0 radical (unpaired) electrons. The van der Waals surface area contributed by atoms with Crippen LogP contribution in [-0.2, 0) is 10.0 Å². The predicted octanol–water partition coefficient (Wildman–Crippen LogP) is 3.41. The van der Waals surface area contributed by atoms with Crippen molar-refractivity contribution >= 4 is 32.6 Å². The summed E-state index contributed by atoms with van der Waals surface area (Å²) >= 11 is 0. The molecule has 1 heterocycles. The maximum absolute atomic E-state index is 13.5. The average Bonchev–Trinajstić information content (AvgIpc) is 2.89. The predicted molar refractivity (Wildman–Crippen MR) is 98.1 cm³/mol. The molecule has 1 aromatic heterocycles. The quantitative estimate of drug-likeness (QED) is 0.774. The van der Waals surface area contributed by atoms with Gasteiger partial charge in [-0.1, -0.05) is 24.8 Å². The number of rotatable bonds is 4. The molecule has 0 spiro atoms. The van der Waals surface area contributed by atoms with Crippen LogP contribution in [0, 0.1) is 5.82 Å². The molecule has 0 saturated carbocycles. The van der Waals surface area contributed by atoms with E-state index in [-0.39, 0.29) is 11.8 Å². The second-order valence-electron chi connectivity index (χ2n) is 6.02. The van der Waals surface area contributed by atoms with Crippen LogP contribution in [0.5, 0.6) is 0 Å². The molecule has 0 aliphatic heterocycles. The molecule has 3 aromatic rings. The molecule has 7 heteroatoms. The second-order valence-corrected chi connectivity index (χ2v) is 8.36. The first-order valence-electron chi connectivity index (χ1n) is 7.69. The number of hydrogen-bond acceptors (Lipinski definition) is 4. The molecule has 0 aliphatic rings. The molecule has 130 valence electrons. The van der Waals surface area contributed by atoms with E-state index in [1.165, 1.54) is 12.1 Å². The lowest BCUT2D eigenvalue weighted by Gasteiger charge is -2.12. The van der Waals surface area contributed by atoms with E-state index in [1.807, 2.05) is 0 Å². The van der Waals surface area contributed by atoms with Crippen molar-refractivity contribution in [2.24, 2.45) is 0 Å². The van der Waals surface area contributed by atoms with Gasteiger partial charge in [0.25, 0.3) is 0 Å². The number of imidazole rings is 1. The number of nitrogen functional groups attached to an aromatic ring is 1. The van der Waals surface area contributed by atoms with Crippen molar-refractivity contribution in [1.29, 1.82) is 0 Å². The number of halogens is 1. The second kappa shape index (κ2) is 6.00. The highest BCUT2D eigenvalue weighted by atomic mass is 32.2. The number of nitrogens with two attached hydrogens (primary N) is 1. The monoisotopic (exact) mass is 359 g/mol. The Labute approximate surface area is 145 Å². The van der Waals surface area contributed by atoms with Crippen molar-refractivity contribution in [2.45, 2.75) is 19.1 Å². The van der Waals surface area contributed by atoms with Gasteiger partial charge in [0, 0.05) is 0 Å². The molecular formula is C18H18FN3O2S. The van der Waals surface area contributed by atoms with Gasteiger partial charge in [-0.15, -0.1) is 0 Å². The summed E-state index contributed by atoms with van der Waals surface area (Å²) in [5.74, 6) is -0.450. The van der Waals surface area contributed by atoms with E-state index < -0.39 is 15.3 Å². The van der Waals surface area contributed by atoms with Crippen molar-refractivity contribution in [3.8, 4) is 0 Å². The topological polar surface area (TPSA) is 78.0 Å². The number of benzene rings is 2. The van der Waals surface area contributed by atoms with Crippen LogP contribution < -0.4 is 5.73 Å². The fourth-order valence-corrected chi connectivity index (χ4v) is 3.73. The highest BCUT2D eigenvalue weighted by Gasteiger charge is 2.24. The van der Waals surface area contributed by atoms with E-state index in [1.54, 1.807) is 44.2 Å². The fraction of sp³-hybridized carbons (Fsp3) is 0.167. The largest absolute Gasteiger partial charge is 0.368 e. The number of anilines is 1. The molecule has 25 heavy (non-hydrogen) atoms. The molecule has 2 aromatic carbocycles. The molecular weight excluding hydrogens is 341 g/mol. The van der Waals surface area contributed by atoms with Gasteiger partial charge >= 0.3 is 0 Å². The summed E-state index contributed by atoms with van der Waals surface area (Å²) in [5.41, 5.74) is 8.54. The SMILES string of the molecule is C=C(c1cccc(F)c1)c1ccc2nc(N)n(S(=O)(=O)C(C)C)c2c1. The first-order valence-corrected chi connectivity index (χ1v) is 9.19. The zero-order valence-corrected chi connectivity index (χ0v) is 14.7. The summed E-state index contributed by atoms with van der Waals surface area (Å²) < 4.78 is 39.7. The Morgan fingerprint density at radius 3 is 2.52 bits per heavy atom. The number of hydrogen-bond donors (Lipinski definition) is 1. The molecule has 0 bridgehead atoms. The maximum atomic E-state index is 13.5. The Morgan fingerprint density at radius 2 is 1.88 bits per heavy atom. The first-order chi connectivity index (χ1) is 11.7. The standard InChI is InChI=1S/C18H18FN3O2S/c1-11(2)25(23,24)22-17-10-14(7-8-16(17)21-18(22)20)12(3)13-5-4-6-15(19)9-13/h4-11H,3H2,1-2H3,(H2,20,21). The van der Waals surface area contributed by atoms with Crippen molar-refractivity contribution < 1.29 is 12.8 Å². The van der Waals surface area contributed by atoms with E-state index >= 15 is 0 Å². The Hall–Kier alpha value is -2.67. The van der Waals surface area contributed by atoms with E-state index in [9.17, 15) is 12.8 Å². The Balaban J connectivity index is 2.19. The third-order valence-electron chi connectivity index (χ3n) is 4.01. The van der Waals surface area contributed by atoms with E-state index in [0.29, 0.717) is 27.7 Å². The van der Waals surface area contributed by atoms with Crippen LogP contribution in [0.3, 0.4) is 0 Å². The third-order valence-corrected chi connectivity index (χ3v) is 6.09. The lowest BCUT2D eigenvalue weighted by atomic mass is 9.99. The van der Waals surface area contributed by atoms with Crippen LogP contribution in [0.25, 0.3) is 16.6 Å².